The molecule has 0 unspecified atom stereocenters. The van der Waals surface area contributed by atoms with Crippen LogP contribution in [0.2, 0.25) is 0 Å². The van der Waals surface area contributed by atoms with Gasteiger partial charge in [-0.2, -0.15) is 0 Å². The summed E-state index contributed by atoms with van der Waals surface area (Å²) in [6, 6.07) is 5.28. The van der Waals surface area contributed by atoms with Crippen LogP contribution in [0.3, 0.4) is 0 Å². The van der Waals surface area contributed by atoms with Crippen LogP contribution in [0.5, 0.6) is 0 Å². The number of amides is 1. The minimum Gasteiger partial charge on any atom is -0.340 e. The van der Waals surface area contributed by atoms with Crippen LogP contribution in [-0.2, 0) is 0 Å². The number of fused-ring (bicyclic) bond motifs is 1. The van der Waals surface area contributed by atoms with Gasteiger partial charge in [0.1, 0.15) is 11.8 Å². The minimum atomic E-state index is -0.528. The Hall–Kier alpha value is -3.36. The van der Waals surface area contributed by atoms with Crippen molar-refractivity contribution in [3.05, 3.63) is 52.6 Å². The lowest BCUT2D eigenvalue weighted by Crippen LogP contribution is -2.13. The highest BCUT2D eigenvalue weighted by Crippen LogP contribution is 2.17. The second kappa shape index (κ2) is 4.96. The number of hydrogen-bond donors (Lipinski definition) is 2. The van der Waals surface area contributed by atoms with Gasteiger partial charge in [0, 0.05) is 17.7 Å². The van der Waals surface area contributed by atoms with Gasteiger partial charge in [-0.25, -0.2) is 15.0 Å². The predicted octanol–water partition coefficient (Wildman–Crippen LogP) is 1.51. The summed E-state index contributed by atoms with van der Waals surface area (Å²) in [5, 5.41) is 13.2. The Morgan fingerprint density at radius 1 is 1.19 bits per heavy atom. The number of nitro benzene ring substituents is 1. The van der Waals surface area contributed by atoms with E-state index in [1.807, 2.05) is 0 Å². The van der Waals surface area contributed by atoms with Gasteiger partial charge in [-0.05, 0) is 12.1 Å². The molecule has 9 nitrogen and oxygen atoms in total. The largest absolute Gasteiger partial charge is 0.340 e. The first-order valence-corrected chi connectivity index (χ1v) is 5.85. The van der Waals surface area contributed by atoms with Crippen LogP contribution in [0, 0.1) is 10.1 Å². The van der Waals surface area contributed by atoms with E-state index in [1.54, 1.807) is 0 Å². The second-order valence-electron chi connectivity index (χ2n) is 4.08. The van der Waals surface area contributed by atoms with Gasteiger partial charge in [-0.1, -0.05) is 0 Å². The van der Waals surface area contributed by atoms with Crippen molar-refractivity contribution in [3.8, 4) is 0 Å². The third-order valence-electron chi connectivity index (χ3n) is 2.80. The molecule has 1 amide bonds. The minimum absolute atomic E-state index is 0.0791. The maximum atomic E-state index is 12.1. The summed E-state index contributed by atoms with van der Waals surface area (Å²) >= 11 is 0. The summed E-state index contributed by atoms with van der Waals surface area (Å²) < 4.78 is 0. The standard InChI is InChI=1S/C12H8N6O3/c19-12(7-1-3-8(4-2-7)18(20)21)17-11-9-10(14-5-13-9)15-6-16-11/h1-6H,(H2,13,14,15,16,17,19). The Balaban J connectivity index is 1.86. The first kappa shape index (κ1) is 12.7. The third-order valence-corrected chi connectivity index (χ3v) is 2.80. The van der Waals surface area contributed by atoms with Gasteiger partial charge in [0.15, 0.2) is 11.5 Å². The topological polar surface area (TPSA) is 127 Å². The number of rotatable bonds is 3. The number of hydrogen-bond acceptors (Lipinski definition) is 6. The molecule has 0 spiro atoms. The molecule has 3 aromatic rings. The zero-order chi connectivity index (χ0) is 14.8. The first-order valence-electron chi connectivity index (χ1n) is 5.85. The number of benzene rings is 1. The highest BCUT2D eigenvalue weighted by Gasteiger charge is 2.12. The van der Waals surface area contributed by atoms with Gasteiger partial charge in [-0.3, -0.25) is 14.9 Å². The smallest absolute Gasteiger partial charge is 0.269 e. The lowest BCUT2D eigenvalue weighted by molar-refractivity contribution is -0.384. The highest BCUT2D eigenvalue weighted by molar-refractivity contribution is 6.06. The van der Waals surface area contributed by atoms with Gasteiger partial charge in [0.05, 0.1) is 11.3 Å². The molecule has 0 aliphatic rings. The third kappa shape index (κ3) is 2.39. The Morgan fingerprint density at radius 3 is 2.67 bits per heavy atom. The Morgan fingerprint density at radius 2 is 1.95 bits per heavy atom. The van der Waals surface area contributed by atoms with Gasteiger partial charge >= 0.3 is 0 Å². The molecular weight excluding hydrogens is 276 g/mol. The molecule has 0 saturated heterocycles. The van der Waals surface area contributed by atoms with Crippen LogP contribution >= 0.6 is 0 Å². The Labute approximate surface area is 117 Å². The fraction of sp³-hybridized carbons (Fsp3) is 0. The van der Waals surface area contributed by atoms with Crippen LogP contribution in [0.4, 0.5) is 11.5 Å². The van der Waals surface area contributed by atoms with E-state index >= 15 is 0 Å². The molecule has 104 valence electrons. The molecule has 2 aromatic heterocycles. The number of aromatic nitrogens is 4. The van der Waals surface area contributed by atoms with Crippen molar-refractivity contribution in [3.63, 3.8) is 0 Å². The normalized spacial score (nSPS) is 10.5. The van der Waals surface area contributed by atoms with Crippen molar-refractivity contribution in [2.24, 2.45) is 0 Å². The summed E-state index contributed by atoms with van der Waals surface area (Å²) in [6.07, 6.45) is 2.73. The van der Waals surface area contributed by atoms with Gasteiger partial charge < -0.3 is 10.3 Å². The van der Waals surface area contributed by atoms with Crippen molar-refractivity contribution >= 4 is 28.6 Å². The summed E-state index contributed by atoms with van der Waals surface area (Å²) in [4.78, 5) is 36.8. The van der Waals surface area contributed by atoms with Crippen LogP contribution in [0.1, 0.15) is 10.4 Å². The van der Waals surface area contributed by atoms with Crippen LogP contribution in [0.25, 0.3) is 11.2 Å². The zero-order valence-electron chi connectivity index (χ0n) is 10.5. The summed E-state index contributed by atoms with van der Waals surface area (Å²) in [6.45, 7) is 0. The average molecular weight is 284 g/mol. The van der Waals surface area contributed by atoms with E-state index < -0.39 is 10.8 Å². The summed E-state index contributed by atoms with van der Waals surface area (Å²) in [5.74, 6) is -0.139. The Kier molecular flexibility index (Phi) is 2.99. The number of nitrogens with one attached hydrogen (secondary N) is 2. The van der Waals surface area contributed by atoms with E-state index in [0.29, 0.717) is 17.0 Å². The Bertz CT molecular complexity index is 826. The molecule has 3 rings (SSSR count). The van der Waals surface area contributed by atoms with Crippen LogP contribution in [-0.4, -0.2) is 30.8 Å². The number of non-ortho nitro benzene ring substituents is 1. The molecular formula is C12H8N6O3. The molecule has 2 heterocycles. The SMILES string of the molecule is O=C(Nc1ncnc2nc[nH]c12)c1ccc([N+](=O)[O-])cc1. The number of nitrogens with zero attached hydrogens (tertiary/aromatic N) is 4. The monoisotopic (exact) mass is 284 g/mol. The predicted molar refractivity (Wildman–Crippen MR) is 72.7 cm³/mol. The highest BCUT2D eigenvalue weighted by atomic mass is 16.6. The van der Waals surface area contributed by atoms with E-state index in [2.05, 4.69) is 25.3 Å². The van der Waals surface area contributed by atoms with Crippen molar-refractivity contribution < 1.29 is 9.72 Å². The maximum absolute atomic E-state index is 12.1. The summed E-state index contributed by atoms with van der Waals surface area (Å²) in [7, 11) is 0. The number of nitro groups is 1. The first-order chi connectivity index (χ1) is 10.1. The number of H-pyrrole nitrogens is 1. The lowest BCUT2D eigenvalue weighted by Gasteiger charge is -2.04. The molecule has 0 radical (unpaired) electrons. The molecule has 0 fully saturated rings. The van der Waals surface area contributed by atoms with Gasteiger partial charge in [0.2, 0.25) is 0 Å². The van der Waals surface area contributed by atoms with Crippen molar-refractivity contribution in [1.82, 2.24) is 19.9 Å². The van der Waals surface area contributed by atoms with E-state index in [0.717, 1.165) is 0 Å². The van der Waals surface area contributed by atoms with E-state index in [-0.39, 0.29) is 11.3 Å². The van der Waals surface area contributed by atoms with E-state index in [9.17, 15) is 14.9 Å². The number of anilines is 1. The molecule has 0 saturated carbocycles. The number of carbonyl (C=O) groups is 1. The molecule has 0 bridgehead atoms. The quantitative estimate of drug-likeness (QED) is 0.554. The number of carbonyl (C=O) groups excluding carboxylic acids is 1. The van der Waals surface area contributed by atoms with Crippen LogP contribution < -0.4 is 5.32 Å². The van der Waals surface area contributed by atoms with Crippen molar-refractivity contribution in [2.45, 2.75) is 0 Å². The molecule has 2 N–H and O–H groups in total. The van der Waals surface area contributed by atoms with E-state index in [4.69, 9.17) is 0 Å². The second-order valence-corrected chi connectivity index (χ2v) is 4.08. The maximum Gasteiger partial charge on any atom is 0.269 e. The zero-order valence-corrected chi connectivity index (χ0v) is 10.5. The van der Waals surface area contributed by atoms with Crippen LogP contribution in [0.15, 0.2) is 36.9 Å². The molecule has 0 aliphatic heterocycles. The van der Waals surface area contributed by atoms with E-state index in [1.165, 1.54) is 36.9 Å². The molecule has 1 aromatic carbocycles. The fourth-order valence-corrected chi connectivity index (χ4v) is 1.77. The molecule has 9 heteroatoms. The number of imidazole rings is 1. The average Bonchev–Trinajstić information content (AvgIpc) is 2.97. The van der Waals surface area contributed by atoms with Crippen molar-refractivity contribution in [1.29, 1.82) is 0 Å². The number of aromatic amines is 1. The molecule has 21 heavy (non-hydrogen) atoms. The fourth-order valence-electron chi connectivity index (χ4n) is 1.77. The van der Waals surface area contributed by atoms with Gasteiger partial charge in [0.25, 0.3) is 11.6 Å². The van der Waals surface area contributed by atoms with Crippen molar-refractivity contribution in [2.75, 3.05) is 5.32 Å². The molecule has 0 atom stereocenters. The lowest BCUT2D eigenvalue weighted by atomic mass is 10.2. The van der Waals surface area contributed by atoms with Gasteiger partial charge in [-0.15, -0.1) is 0 Å². The molecule has 0 aliphatic carbocycles. The summed E-state index contributed by atoms with van der Waals surface area (Å²) in [5.41, 5.74) is 1.15.